The molecule has 0 aliphatic rings. The van der Waals surface area contributed by atoms with Crippen LogP contribution in [-0.4, -0.2) is 19.8 Å². The molecule has 1 radical (unpaired) electrons. The van der Waals surface area contributed by atoms with Gasteiger partial charge in [-0.2, -0.15) is 0 Å². The highest BCUT2D eigenvalue weighted by atomic mass is 27.1. The fourth-order valence-electron chi connectivity index (χ4n) is 2.97. The first-order valence-corrected chi connectivity index (χ1v) is 11.3. The Labute approximate surface area is 145 Å². The van der Waals surface area contributed by atoms with Gasteiger partial charge in [0.1, 0.15) is 12.4 Å². The van der Waals surface area contributed by atoms with Gasteiger partial charge >= 0.3 is 0 Å². The van der Waals surface area contributed by atoms with Crippen molar-refractivity contribution in [2.75, 3.05) is 0 Å². The number of aromatic nitrogens is 2. The molecule has 0 atom stereocenters. The van der Waals surface area contributed by atoms with Crippen molar-refractivity contribution in [3.8, 4) is 0 Å². The summed E-state index contributed by atoms with van der Waals surface area (Å²) >= 11 is 0.670. The van der Waals surface area contributed by atoms with Crippen molar-refractivity contribution in [1.29, 1.82) is 0 Å². The zero-order valence-corrected chi connectivity index (χ0v) is 16.3. The highest BCUT2D eigenvalue weighted by Gasteiger charge is 2.00. The summed E-state index contributed by atoms with van der Waals surface area (Å²) in [5, 5.41) is 2.91. The van der Waals surface area contributed by atoms with E-state index in [2.05, 4.69) is 41.8 Å². The molecule has 0 bridgehead atoms. The molecule has 0 saturated heterocycles. The fraction of sp³-hybridized carbons (Fsp3) is 0.842. The van der Waals surface area contributed by atoms with E-state index >= 15 is 0 Å². The second-order valence-corrected chi connectivity index (χ2v) is 8.45. The lowest BCUT2D eigenvalue weighted by molar-refractivity contribution is -0.671. The molecule has 1 rings (SSSR count). The second kappa shape index (κ2) is 14.3. The van der Waals surface area contributed by atoms with E-state index < -0.39 is 0 Å². The van der Waals surface area contributed by atoms with Crippen LogP contribution < -0.4 is 4.57 Å². The van der Waals surface area contributed by atoms with Crippen LogP contribution in [0.2, 0.25) is 10.6 Å². The van der Waals surface area contributed by atoms with Gasteiger partial charge in [-0.15, -0.1) is 5.28 Å². The van der Waals surface area contributed by atoms with Crippen LogP contribution in [0, 0.1) is 0 Å². The van der Waals surface area contributed by atoms with Gasteiger partial charge in [0.2, 0.25) is 21.5 Å². The Hall–Kier alpha value is -0.258. The third kappa shape index (κ3) is 11.3. The van der Waals surface area contributed by atoms with Crippen LogP contribution in [0.1, 0.15) is 77.6 Å². The van der Waals surface area contributed by atoms with Crippen LogP contribution >= 0.6 is 0 Å². The lowest BCUT2D eigenvalue weighted by Crippen LogP contribution is -2.23. The van der Waals surface area contributed by atoms with Gasteiger partial charge in [-0.05, 0) is 0 Å². The maximum absolute atomic E-state index is 2.31. The molecular weight excluding hydrogens is 283 g/mol. The number of imidazole rings is 1. The molecule has 0 saturated carbocycles. The normalized spacial score (nSPS) is 11.0. The Bertz CT molecular complexity index is 349. The summed E-state index contributed by atoms with van der Waals surface area (Å²) in [6.07, 6.45) is 22.5. The average molecular weight is 321 g/mol. The van der Waals surface area contributed by atoms with Crippen LogP contribution in [0.5, 0.6) is 0 Å². The summed E-state index contributed by atoms with van der Waals surface area (Å²) in [4.78, 5) is 0. The number of nitrogens with zero attached hydrogens (tertiary/aromatic N) is 2. The summed E-state index contributed by atoms with van der Waals surface area (Å²) in [7, 11) is 2.09. The molecule has 0 aromatic carbocycles. The summed E-state index contributed by atoms with van der Waals surface area (Å²) in [6, 6.07) is 0. The molecule has 1 heterocycles. The first kappa shape index (κ1) is 19.8. The number of hydrogen-bond donors (Lipinski definition) is 0. The predicted molar refractivity (Wildman–Crippen MR) is 97.4 cm³/mol. The topological polar surface area (TPSA) is 8.81 Å². The van der Waals surface area contributed by atoms with E-state index in [0.29, 0.717) is 15.2 Å². The molecule has 1 aromatic rings. The molecule has 0 spiro atoms. The smallest absolute Gasteiger partial charge is 0.240 e. The molecule has 0 N–H and O–H groups in total. The summed E-state index contributed by atoms with van der Waals surface area (Å²) in [5.41, 5.74) is 0. The van der Waals surface area contributed by atoms with Gasteiger partial charge in [0, 0.05) is 0 Å². The molecule has 125 valence electrons. The molecule has 2 nitrogen and oxygen atoms in total. The molecule has 0 aliphatic carbocycles. The van der Waals surface area contributed by atoms with Gasteiger partial charge in [0.25, 0.3) is 0 Å². The zero-order valence-electron chi connectivity index (χ0n) is 15.1. The van der Waals surface area contributed by atoms with E-state index in [1.165, 1.54) is 87.7 Å². The van der Waals surface area contributed by atoms with Crippen LogP contribution in [0.25, 0.3) is 0 Å². The molecule has 0 amide bonds. The largest absolute Gasteiger partial charge is 0.243 e. The van der Waals surface area contributed by atoms with E-state index in [9.17, 15) is 0 Å². The van der Waals surface area contributed by atoms with Crippen molar-refractivity contribution in [3.05, 3.63) is 18.7 Å². The Balaban J connectivity index is 1.73. The number of unbranched alkanes of at least 4 members (excludes halogenated alkanes) is 10. The summed E-state index contributed by atoms with van der Waals surface area (Å²) in [6.45, 7) is 3.51. The van der Waals surface area contributed by atoms with E-state index in [1.54, 1.807) is 0 Å². The highest BCUT2D eigenvalue weighted by Crippen LogP contribution is 2.12. The summed E-state index contributed by atoms with van der Waals surface area (Å²) < 4.78 is 4.44. The molecule has 1 aromatic heterocycles. The molecular formula is C19H37AlN2+. The van der Waals surface area contributed by atoms with Gasteiger partial charge in [-0.1, -0.05) is 82.8 Å². The monoisotopic (exact) mass is 320 g/mol. The molecule has 0 unspecified atom stereocenters. The van der Waals surface area contributed by atoms with Gasteiger partial charge in [0.15, 0.2) is 0 Å². The first-order chi connectivity index (χ1) is 10.8. The average Bonchev–Trinajstić information content (AvgIpc) is 2.93. The number of rotatable bonds is 15. The SMILES string of the molecule is CCCCCCCCCCCC[CH2][Al][CH2]Cn1cc[n+](C)c1. The minimum absolute atomic E-state index is 0.670. The van der Waals surface area contributed by atoms with Crippen molar-refractivity contribution < 1.29 is 4.57 Å². The Morgan fingerprint density at radius 3 is 1.95 bits per heavy atom. The van der Waals surface area contributed by atoms with Gasteiger partial charge in [-0.25, -0.2) is 9.13 Å². The Morgan fingerprint density at radius 1 is 0.818 bits per heavy atom. The minimum Gasteiger partial charge on any atom is -0.240 e. The standard InChI is InChI=1S/C13H27.C6H10N2.Al/c1-3-5-7-9-11-13-12-10-8-6-4-2;1-3-8-5-4-7(2)6-8;/h1,3-13H2,2H3;4-6H,1,3H2,2H3;/q;+1;. The van der Waals surface area contributed by atoms with Crippen molar-refractivity contribution in [3.63, 3.8) is 0 Å². The minimum atomic E-state index is 0.670. The first-order valence-electron chi connectivity index (χ1n) is 9.65. The van der Waals surface area contributed by atoms with E-state index in [-0.39, 0.29) is 0 Å². The lowest BCUT2D eigenvalue weighted by atomic mass is 10.1. The van der Waals surface area contributed by atoms with E-state index in [4.69, 9.17) is 0 Å². The van der Waals surface area contributed by atoms with Crippen LogP contribution in [0.3, 0.4) is 0 Å². The number of hydrogen-bond acceptors (Lipinski definition) is 0. The number of aryl methyl sites for hydroxylation is 2. The fourth-order valence-corrected chi connectivity index (χ4v) is 4.32. The van der Waals surface area contributed by atoms with Gasteiger partial charge in [0.05, 0.1) is 13.6 Å². The molecule has 0 fully saturated rings. The van der Waals surface area contributed by atoms with Crippen LogP contribution in [-0.2, 0) is 13.6 Å². The maximum atomic E-state index is 2.31. The lowest BCUT2D eigenvalue weighted by Gasteiger charge is -2.02. The molecule has 3 heteroatoms. The van der Waals surface area contributed by atoms with Crippen molar-refractivity contribution in [1.82, 2.24) is 4.57 Å². The molecule has 0 aliphatic heterocycles. The highest BCUT2D eigenvalue weighted by molar-refractivity contribution is 6.35. The molecule has 22 heavy (non-hydrogen) atoms. The van der Waals surface area contributed by atoms with E-state index in [1.807, 2.05) is 0 Å². The van der Waals surface area contributed by atoms with E-state index in [0.717, 1.165) is 0 Å². The Morgan fingerprint density at radius 2 is 1.41 bits per heavy atom. The Kier molecular flexibility index (Phi) is 12.9. The van der Waals surface area contributed by atoms with Crippen molar-refractivity contribution in [2.24, 2.45) is 7.05 Å². The van der Waals surface area contributed by atoms with Crippen LogP contribution in [0.15, 0.2) is 18.7 Å². The van der Waals surface area contributed by atoms with Crippen molar-refractivity contribution >= 4 is 15.2 Å². The third-order valence-electron chi connectivity index (χ3n) is 4.43. The summed E-state index contributed by atoms with van der Waals surface area (Å²) in [5.74, 6) is 0. The third-order valence-corrected chi connectivity index (χ3v) is 5.91. The second-order valence-electron chi connectivity index (χ2n) is 6.72. The van der Waals surface area contributed by atoms with Gasteiger partial charge < -0.3 is 0 Å². The van der Waals surface area contributed by atoms with Crippen molar-refractivity contribution in [2.45, 2.75) is 94.7 Å². The van der Waals surface area contributed by atoms with Gasteiger partial charge in [-0.3, -0.25) is 0 Å². The maximum Gasteiger partial charge on any atom is 0.243 e. The quantitative estimate of drug-likeness (QED) is 0.240. The predicted octanol–water partition coefficient (Wildman–Crippen LogP) is 5.16. The zero-order chi connectivity index (χ0) is 15.9. The van der Waals surface area contributed by atoms with Crippen LogP contribution in [0.4, 0.5) is 0 Å².